The predicted molar refractivity (Wildman–Crippen MR) is 106 cm³/mol. The highest BCUT2D eigenvalue weighted by Crippen LogP contribution is 2.70. The normalized spacial score (nSPS) is 15.4. The number of aromatic amines is 1. The van der Waals surface area contributed by atoms with Gasteiger partial charge in [-0.2, -0.15) is 0 Å². The van der Waals surface area contributed by atoms with Crippen LogP contribution in [0, 0.1) is 6.92 Å². The first-order chi connectivity index (χ1) is 12.8. The van der Waals surface area contributed by atoms with Crippen LogP contribution < -0.4 is 0 Å². The number of benzene rings is 1. The van der Waals surface area contributed by atoms with E-state index < -0.39 is 32.1 Å². The minimum atomic E-state index is -5.53. The summed E-state index contributed by atoms with van der Waals surface area (Å²) in [5.74, 6) is 0. The lowest BCUT2D eigenvalue weighted by atomic mass is 9.78. The Labute approximate surface area is 164 Å². The molecule has 0 aliphatic rings. The molecule has 0 aliphatic carbocycles. The summed E-state index contributed by atoms with van der Waals surface area (Å²) in [4.78, 5) is 41.0. The minimum Gasteiger partial charge on any atom is -0.367 e. The van der Waals surface area contributed by atoms with Crippen LogP contribution in [0.3, 0.4) is 0 Å². The molecule has 1 unspecified atom stereocenters. The molecule has 1 aromatic carbocycles. The van der Waals surface area contributed by atoms with E-state index in [0.717, 1.165) is 11.1 Å². The maximum absolute atomic E-state index is 11.8. The number of aryl methyl sites for hydroxylation is 2. The number of aromatic nitrogens is 1. The molecule has 0 saturated carbocycles. The summed E-state index contributed by atoms with van der Waals surface area (Å²) in [6.45, 7) is 3.61. The summed E-state index contributed by atoms with van der Waals surface area (Å²) in [6, 6.07) is 11.3. The second kappa shape index (κ2) is 8.25. The number of hydrogen-bond acceptors (Lipinski definition) is 3. The Bertz CT molecular complexity index is 865. The van der Waals surface area contributed by atoms with E-state index in [0.29, 0.717) is 25.0 Å². The highest BCUT2D eigenvalue weighted by molar-refractivity contribution is 7.72. The summed E-state index contributed by atoms with van der Waals surface area (Å²) < 4.78 is 23.6. The Hall–Kier alpha value is -1.24. The standard InChI is InChI=1S/C18H27NO7P2/c1-14-6-3-7-15(12-14)8-4-10-17(2,16-9-5-11-19-16)13-18(20,27(21,22)23)28(24,25)26/h3,5-7,9,11-12,19-20H,4,8,10,13H2,1-2H3,(H2,21,22,23)(H2,24,25,26). The van der Waals surface area contributed by atoms with Gasteiger partial charge < -0.3 is 29.7 Å². The molecule has 8 nitrogen and oxygen atoms in total. The zero-order valence-corrected chi connectivity index (χ0v) is 17.6. The summed E-state index contributed by atoms with van der Waals surface area (Å²) in [5.41, 5.74) is 1.65. The molecule has 156 valence electrons. The molecule has 1 atom stereocenters. The summed E-state index contributed by atoms with van der Waals surface area (Å²) in [6.07, 6.45) is 2.45. The van der Waals surface area contributed by atoms with Crippen LogP contribution in [0.1, 0.15) is 43.0 Å². The summed E-state index contributed by atoms with van der Waals surface area (Å²) in [5, 5.41) is 6.98. The van der Waals surface area contributed by atoms with Crippen molar-refractivity contribution < 1.29 is 33.8 Å². The maximum atomic E-state index is 11.8. The van der Waals surface area contributed by atoms with Crippen molar-refractivity contribution in [2.45, 2.75) is 50.0 Å². The van der Waals surface area contributed by atoms with Crippen molar-refractivity contribution in [1.82, 2.24) is 4.98 Å². The molecule has 0 spiro atoms. The van der Waals surface area contributed by atoms with Gasteiger partial charge in [-0.15, -0.1) is 0 Å². The van der Waals surface area contributed by atoms with Gasteiger partial charge in [0.05, 0.1) is 0 Å². The van der Waals surface area contributed by atoms with Crippen molar-refractivity contribution >= 4 is 15.2 Å². The second-order valence-corrected chi connectivity index (χ2v) is 11.5. The van der Waals surface area contributed by atoms with Gasteiger partial charge in [0.15, 0.2) is 0 Å². The Morgan fingerprint density at radius 1 is 1.04 bits per heavy atom. The molecule has 10 heteroatoms. The molecule has 0 bridgehead atoms. The molecule has 1 aromatic heterocycles. The number of nitrogens with one attached hydrogen (secondary N) is 1. The molecule has 1 heterocycles. The largest absolute Gasteiger partial charge is 0.369 e. The lowest BCUT2D eigenvalue weighted by molar-refractivity contribution is 0.0971. The third-order valence-corrected chi connectivity index (χ3v) is 8.83. The lowest BCUT2D eigenvalue weighted by Gasteiger charge is -2.38. The first-order valence-corrected chi connectivity index (χ1v) is 12.0. The summed E-state index contributed by atoms with van der Waals surface area (Å²) >= 11 is 0. The molecule has 0 radical (unpaired) electrons. The third-order valence-electron chi connectivity index (χ3n) is 5.09. The lowest BCUT2D eigenvalue weighted by Crippen LogP contribution is -2.38. The van der Waals surface area contributed by atoms with E-state index in [1.54, 1.807) is 25.3 Å². The van der Waals surface area contributed by atoms with E-state index in [4.69, 9.17) is 0 Å². The van der Waals surface area contributed by atoms with Crippen molar-refractivity contribution in [1.29, 1.82) is 0 Å². The fourth-order valence-corrected chi connectivity index (χ4v) is 5.94. The number of rotatable bonds is 9. The van der Waals surface area contributed by atoms with Gasteiger partial charge in [0.1, 0.15) is 0 Å². The molecule has 6 N–H and O–H groups in total. The van der Waals surface area contributed by atoms with Crippen LogP contribution in [-0.2, 0) is 21.0 Å². The van der Waals surface area contributed by atoms with Crippen molar-refractivity contribution in [3.05, 3.63) is 59.4 Å². The highest BCUT2D eigenvalue weighted by Gasteiger charge is 2.62. The van der Waals surface area contributed by atoms with Crippen LogP contribution in [0.15, 0.2) is 42.6 Å². The van der Waals surface area contributed by atoms with Gasteiger partial charge in [0.25, 0.3) is 5.08 Å². The Morgan fingerprint density at radius 3 is 2.18 bits per heavy atom. The monoisotopic (exact) mass is 431 g/mol. The molecular weight excluding hydrogens is 404 g/mol. The second-order valence-electron chi connectivity index (χ2n) is 7.53. The zero-order chi connectivity index (χ0) is 21.2. The van der Waals surface area contributed by atoms with Crippen LogP contribution in [0.25, 0.3) is 0 Å². The molecule has 28 heavy (non-hydrogen) atoms. The van der Waals surface area contributed by atoms with Crippen LogP contribution in [0.5, 0.6) is 0 Å². The fourth-order valence-electron chi connectivity index (χ4n) is 3.47. The van der Waals surface area contributed by atoms with Crippen LogP contribution >= 0.6 is 15.2 Å². The summed E-state index contributed by atoms with van der Waals surface area (Å²) in [7, 11) is -11.1. The predicted octanol–water partition coefficient (Wildman–Crippen LogP) is 3.00. The van der Waals surface area contributed by atoms with Gasteiger partial charge in [-0.1, -0.05) is 36.8 Å². The van der Waals surface area contributed by atoms with Crippen molar-refractivity contribution in [2.75, 3.05) is 0 Å². The van der Waals surface area contributed by atoms with E-state index in [2.05, 4.69) is 4.98 Å². The van der Waals surface area contributed by atoms with E-state index in [-0.39, 0.29) is 0 Å². The SMILES string of the molecule is Cc1cccc(CCCC(C)(CC(O)(P(=O)(O)O)P(=O)(O)O)c2ccc[nH]2)c1. The van der Waals surface area contributed by atoms with Crippen molar-refractivity contribution in [3.63, 3.8) is 0 Å². The van der Waals surface area contributed by atoms with E-state index >= 15 is 0 Å². The van der Waals surface area contributed by atoms with Gasteiger partial charge in [0.2, 0.25) is 0 Å². The van der Waals surface area contributed by atoms with Gasteiger partial charge in [0, 0.05) is 23.7 Å². The molecule has 0 saturated heterocycles. The van der Waals surface area contributed by atoms with E-state index in [1.807, 2.05) is 31.2 Å². The first-order valence-electron chi connectivity index (χ1n) is 8.82. The topological polar surface area (TPSA) is 151 Å². The van der Waals surface area contributed by atoms with Crippen LogP contribution in [-0.4, -0.2) is 34.7 Å². The maximum Gasteiger partial charge on any atom is 0.369 e. The zero-order valence-electron chi connectivity index (χ0n) is 15.8. The Balaban J connectivity index is 2.31. The van der Waals surface area contributed by atoms with E-state index in [1.165, 1.54) is 0 Å². The quantitative estimate of drug-likeness (QED) is 0.334. The first kappa shape index (κ1) is 23.0. The average molecular weight is 431 g/mol. The molecule has 2 aromatic rings. The van der Waals surface area contributed by atoms with Crippen LogP contribution in [0.2, 0.25) is 0 Å². The van der Waals surface area contributed by atoms with Gasteiger partial charge >= 0.3 is 15.2 Å². The minimum absolute atomic E-state index is 0.351. The Kier molecular flexibility index (Phi) is 6.79. The molecule has 2 rings (SSSR count). The average Bonchev–Trinajstić information content (AvgIpc) is 3.08. The van der Waals surface area contributed by atoms with Crippen molar-refractivity contribution in [2.24, 2.45) is 0 Å². The van der Waals surface area contributed by atoms with Gasteiger partial charge in [-0.25, -0.2) is 0 Å². The highest BCUT2D eigenvalue weighted by atomic mass is 31.2. The van der Waals surface area contributed by atoms with Crippen LogP contribution in [0.4, 0.5) is 0 Å². The molecule has 0 aliphatic heterocycles. The number of H-pyrrole nitrogens is 1. The number of aliphatic hydroxyl groups is 1. The Morgan fingerprint density at radius 2 is 1.68 bits per heavy atom. The van der Waals surface area contributed by atoms with Gasteiger partial charge in [-0.05, 0) is 43.9 Å². The van der Waals surface area contributed by atoms with Gasteiger partial charge in [-0.3, -0.25) is 9.13 Å². The smallest absolute Gasteiger partial charge is 0.367 e. The molecular formula is C18H27NO7P2. The fraction of sp³-hybridized carbons (Fsp3) is 0.444. The number of hydrogen-bond donors (Lipinski definition) is 6. The third kappa shape index (κ3) is 5.02. The van der Waals surface area contributed by atoms with Crippen molar-refractivity contribution in [3.8, 4) is 0 Å². The molecule has 0 fully saturated rings. The molecule has 0 amide bonds. The van der Waals surface area contributed by atoms with E-state index in [9.17, 15) is 33.8 Å².